The maximum Gasteiger partial charge on any atom is 0.323 e. The number of amides is 2. The van der Waals surface area contributed by atoms with Gasteiger partial charge >= 0.3 is 6.03 Å². The number of hydrogen-bond acceptors (Lipinski definition) is 2. The van der Waals surface area contributed by atoms with Crippen LogP contribution in [0, 0.1) is 13.8 Å². The van der Waals surface area contributed by atoms with Crippen LogP contribution in [-0.4, -0.2) is 23.2 Å². The molecule has 126 valence electrons. The van der Waals surface area contributed by atoms with Gasteiger partial charge in [-0.2, -0.15) is 0 Å². The lowest BCUT2D eigenvalue weighted by Gasteiger charge is -2.26. The van der Waals surface area contributed by atoms with Gasteiger partial charge in [0.25, 0.3) is 0 Å². The summed E-state index contributed by atoms with van der Waals surface area (Å²) < 4.78 is 0. The highest BCUT2D eigenvalue weighted by atomic mass is 32.2. The van der Waals surface area contributed by atoms with Crippen molar-refractivity contribution in [1.82, 2.24) is 4.90 Å². The molecule has 1 atom stereocenters. The number of anilines is 1. The molecule has 0 aliphatic carbocycles. The highest BCUT2D eigenvalue weighted by Crippen LogP contribution is 2.39. The largest absolute Gasteiger partial charge is 0.323 e. The maximum atomic E-state index is 12.8. The van der Waals surface area contributed by atoms with Crippen LogP contribution in [0.3, 0.4) is 0 Å². The van der Waals surface area contributed by atoms with Gasteiger partial charge in [0.1, 0.15) is 5.37 Å². The van der Waals surface area contributed by atoms with Crippen LogP contribution in [0.1, 0.15) is 34.6 Å². The summed E-state index contributed by atoms with van der Waals surface area (Å²) in [5.41, 5.74) is 5.84. The van der Waals surface area contributed by atoms with Crippen LogP contribution in [0.5, 0.6) is 0 Å². The second-order valence-electron chi connectivity index (χ2n) is 6.26. The summed E-state index contributed by atoms with van der Waals surface area (Å²) in [6.07, 6.45) is 0.967. The smallest absolute Gasteiger partial charge is 0.308 e. The Balaban J connectivity index is 1.78. The van der Waals surface area contributed by atoms with Gasteiger partial charge in [-0.05, 0) is 49.1 Å². The average Bonchev–Trinajstić information content (AvgIpc) is 3.04. The van der Waals surface area contributed by atoms with E-state index in [-0.39, 0.29) is 11.4 Å². The molecule has 2 amide bonds. The molecule has 3 nitrogen and oxygen atoms in total. The van der Waals surface area contributed by atoms with E-state index in [1.807, 2.05) is 34.9 Å². The predicted octanol–water partition coefficient (Wildman–Crippen LogP) is 5.15. The lowest BCUT2D eigenvalue weighted by atomic mass is 10.1. The molecular formula is C20H24N2OS. The van der Waals surface area contributed by atoms with Gasteiger partial charge in [-0.3, -0.25) is 0 Å². The summed E-state index contributed by atoms with van der Waals surface area (Å²) in [4.78, 5) is 14.7. The fraction of sp³-hybridized carbons (Fsp3) is 0.350. The van der Waals surface area contributed by atoms with Crippen LogP contribution in [0.15, 0.2) is 42.5 Å². The van der Waals surface area contributed by atoms with E-state index in [0.29, 0.717) is 0 Å². The summed E-state index contributed by atoms with van der Waals surface area (Å²) in [6, 6.07) is 14.5. The van der Waals surface area contributed by atoms with Gasteiger partial charge in [0.05, 0.1) is 0 Å². The molecule has 1 saturated heterocycles. The Kier molecular flexibility index (Phi) is 5.14. The number of aryl methyl sites for hydroxylation is 3. The number of rotatable bonds is 3. The van der Waals surface area contributed by atoms with Gasteiger partial charge < -0.3 is 10.2 Å². The van der Waals surface area contributed by atoms with E-state index < -0.39 is 0 Å². The number of nitrogens with zero attached hydrogens (tertiary/aromatic N) is 1. The molecule has 4 heteroatoms. The van der Waals surface area contributed by atoms with Crippen LogP contribution >= 0.6 is 11.8 Å². The van der Waals surface area contributed by atoms with E-state index in [2.05, 4.69) is 50.4 Å². The Morgan fingerprint density at radius 2 is 2.08 bits per heavy atom. The van der Waals surface area contributed by atoms with E-state index in [1.165, 1.54) is 22.3 Å². The molecule has 1 fully saturated rings. The van der Waals surface area contributed by atoms with Crippen molar-refractivity contribution in [2.24, 2.45) is 0 Å². The number of urea groups is 1. The molecule has 0 aromatic heterocycles. The lowest BCUT2D eigenvalue weighted by molar-refractivity contribution is 0.214. The third-order valence-corrected chi connectivity index (χ3v) is 5.67. The van der Waals surface area contributed by atoms with Crippen molar-refractivity contribution >= 4 is 23.5 Å². The zero-order valence-corrected chi connectivity index (χ0v) is 15.3. The van der Waals surface area contributed by atoms with Crippen LogP contribution in [0.25, 0.3) is 0 Å². The fourth-order valence-corrected chi connectivity index (χ4v) is 4.45. The lowest BCUT2D eigenvalue weighted by Crippen LogP contribution is -2.34. The third kappa shape index (κ3) is 3.59. The first kappa shape index (κ1) is 16.9. The second kappa shape index (κ2) is 7.31. The number of thioether (sulfide) groups is 1. The number of carbonyl (C=O) groups excluding carboxylic acids is 1. The Morgan fingerprint density at radius 1 is 1.25 bits per heavy atom. The molecule has 1 aliphatic rings. The van der Waals surface area contributed by atoms with Crippen molar-refractivity contribution in [3.63, 3.8) is 0 Å². The maximum absolute atomic E-state index is 12.8. The molecule has 1 N–H and O–H groups in total. The van der Waals surface area contributed by atoms with Crippen LogP contribution in [-0.2, 0) is 6.42 Å². The SMILES string of the molecule is CCc1cccc(NC(=O)N2CCSC2c2ccc(C)cc2C)c1. The molecule has 0 spiro atoms. The monoisotopic (exact) mass is 340 g/mol. The van der Waals surface area contributed by atoms with Crippen molar-refractivity contribution < 1.29 is 4.79 Å². The van der Waals surface area contributed by atoms with E-state index in [9.17, 15) is 4.79 Å². The molecule has 0 bridgehead atoms. The highest BCUT2D eigenvalue weighted by Gasteiger charge is 2.31. The Labute approximate surface area is 148 Å². The minimum absolute atomic E-state index is 0.0155. The van der Waals surface area contributed by atoms with Crippen molar-refractivity contribution in [3.8, 4) is 0 Å². The van der Waals surface area contributed by atoms with Crippen molar-refractivity contribution in [1.29, 1.82) is 0 Å². The second-order valence-corrected chi connectivity index (χ2v) is 7.45. The van der Waals surface area contributed by atoms with Gasteiger partial charge in [0, 0.05) is 18.0 Å². The number of nitrogens with one attached hydrogen (secondary N) is 1. The molecule has 2 aromatic carbocycles. The Hall–Kier alpha value is -1.94. The van der Waals surface area contributed by atoms with E-state index in [4.69, 9.17) is 0 Å². The highest BCUT2D eigenvalue weighted by molar-refractivity contribution is 7.99. The molecule has 3 rings (SSSR count). The first-order valence-electron chi connectivity index (χ1n) is 8.44. The van der Waals surface area contributed by atoms with Gasteiger partial charge in [-0.1, -0.05) is 42.8 Å². The van der Waals surface area contributed by atoms with Gasteiger partial charge in [0.2, 0.25) is 0 Å². The topological polar surface area (TPSA) is 32.3 Å². The van der Waals surface area contributed by atoms with Crippen molar-refractivity contribution in [2.75, 3.05) is 17.6 Å². The average molecular weight is 340 g/mol. The molecule has 0 radical (unpaired) electrons. The van der Waals surface area contributed by atoms with E-state index in [1.54, 1.807) is 0 Å². The minimum atomic E-state index is -0.0155. The third-order valence-electron chi connectivity index (χ3n) is 4.43. The summed E-state index contributed by atoms with van der Waals surface area (Å²) >= 11 is 1.84. The number of carbonyl (C=O) groups is 1. The quantitative estimate of drug-likeness (QED) is 0.838. The molecule has 0 saturated carbocycles. The van der Waals surface area contributed by atoms with Crippen LogP contribution < -0.4 is 5.32 Å². The first-order chi connectivity index (χ1) is 11.6. The van der Waals surface area contributed by atoms with Crippen LogP contribution in [0.4, 0.5) is 10.5 Å². The predicted molar refractivity (Wildman–Crippen MR) is 103 cm³/mol. The van der Waals surface area contributed by atoms with Crippen LogP contribution in [0.2, 0.25) is 0 Å². The number of hydrogen-bond donors (Lipinski definition) is 1. The number of benzene rings is 2. The van der Waals surface area contributed by atoms with Gasteiger partial charge in [-0.25, -0.2) is 4.79 Å². The first-order valence-corrected chi connectivity index (χ1v) is 9.48. The van der Waals surface area contributed by atoms with E-state index in [0.717, 1.165) is 24.4 Å². The van der Waals surface area contributed by atoms with Crippen molar-refractivity contribution in [2.45, 2.75) is 32.6 Å². The summed E-state index contributed by atoms with van der Waals surface area (Å²) in [5, 5.41) is 3.16. The molecular weight excluding hydrogens is 316 g/mol. The van der Waals surface area contributed by atoms with Crippen molar-refractivity contribution in [3.05, 3.63) is 64.7 Å². The van der Waals surface area contributed by atoms with Gasteiger partial charge in [-0.15, -0.1) is 11.8 Å². The Morgan fingerprint density at radius 3 is 2.83 bits per heavy atom. The summed E-state index contributed by atoms with van der Waals surface area (Å²) in [7, 11) is 0. The zero-order chi connectivity index (χ0) is 17.1. The normalized spacial score (nSPS) is 17.1. The zero-order valence-electron chi connectivity index (χ0n) is 14.5. The Bertz CT molecular complexity index is 744. The molecule has 1 heterocycles. The standard InChI is InChI=1S/C20H24N2OS/c1-4-16-6-5-7-17(13-16)21-20(23)22-10-11-24-19(22)18-9-8-14(2)12-15(18)3/h5-9,12-13,19H,4,10-11H2,1-3H3,(H,21,23). The minimum Gasteiger partial charge on any atom is -0.308 e. The molecule has 24 heavy (non-hydrogen) atoms. The molecule has 1 aliphatic heterocycles. The summed E-state index contributed by atoms with van der Waals surface area (Å²) in [6.45, 7) is 7.13. The summed E-state index contributed by atoms with van der Waals surface area (Å²) in [5.74, 6) is 0.973. The van der Waals surface area contributed by atoms with E-state index >= 15 is 0 Å². The van der Waals surface area contributed by atoms with Gasteiger partial charge in [0.15, 0.2) is 0 Å². The fourth-order valence-electron chi connectivity index (χ4n) is 3.10. The molecule has 2 aromatic rings. The molecule has 1 unspecified atom stereocenters.